The van der Waals surface area contributed by atoms with Gasteiger partial charge in [-0.05, 0) is 76.2 Å². The van der Waals surface area contributed by atoms with Crippen molar-refractivity contribution in [3.05, 3.63) is 149 Å². The minimum absolute atomic E-state index is 0.277. The minimum atomic E-state index is 0.277. The second kappa shape index (κ2) is 10.7. The molecule has 1 aliphatic heterocycles. The van der Waals surface area contributed by atoms with Gasteiger partial charge in [0.2, 0.25) is 0 Å². The number of aliphatic imine (C=N–C) groups is 1. The summed E-state index contributed by atoms with van der Waals surface area (Å²) in [4.78, 5) is 4.89. The van der Waals surface area contributed by atoms with Crippen LogP contribution in [-0.2, 0) is 6.61 Å². The summed E-state index contributed by atoms with van der Waals surface area (Å²) in [5.74, 6) is 1.80. The SMILES string of the molecule is Clc1ccc(COc2ccc3ccccc3c2C=Nc2ccc([C@@H]3Nc4ccccc4[C@@H]4C=CC[C@@H]43)cc2)cc1. The first-order valence-electron chi connectivity index (χ1n) is 13.8. The van der Waals surface area contributed by atoms with Crippen molar-refractivity contribution in [1.29, 1.82) is 0 Å². The van der Waals surface area contributed by atoms with E-state index in [1.165, 1.54) is 16.8 Å². The zero-order chi connectivity index (χ0) is 26.9. The third-order valence-corrected chi connectivity index (χ3v) is 8.36. The Morgan fingerprint density at radius 1 is 0.850 bits per heavy atom. The van der Waals surface area contributed by atoms with Crippen molar-refractivity contribution in [2.24, 2.45) is 10.9 Å². The molecule has 0 aromatic heterocycles. The second-order valence-electron chi connectivity index (χ2n) is 10.5. The van der Waals surface area contributed by atoms with Crippen molar-refractivity contribution in [3.8, 4) is 5.75 Å². The smallest absolute Gasteiger partial charge is 0.129 e. The molecule has 0 amide bonds. The lowest BCUT2D eigenvalue weighted by Gasteiger charge is -2.37. The molecular formula is C36H29ClN2O. The second-order valence-corrected chi connectivity index (χ2v) is 11.0. The summed E-state index contributed by atoms with van der Waals surface area (Å²) in [5.41, 5.74) is 6.89. The zero-order valence-corrected chi connectivity index (χ0v) is 22.8. The van der Waals surface area contributed by atoms with Crippen molar-refractivity contribution in [3.63, 3.8) is 0 Å². The van der Waals surface area contributed by atoms with Gasteiger partial charge in [-0.15, -0.1) is 0 Å². The van der Waals surface area contributed by atoms with Gasteiger partial charge in [-0.25, -0.2) is 0 Å². The number of rotatable bonds is 6. The Morgan fingerprint density at radius 3 is 2.52 bits per heavy atom. The Kier molecular flexibility index (Phi) is 6.59. The summed E-state index contributed by atoms with van der Waals surface area (Å²) in [5, 5.41) is 6.80. The molecular weight excluding hydrogens is 512 g/mol. The lowest BCUT2D eigenvalue weighted by atomic mass is 9.77. The quantitative estimate of drug-likeness (QED) is 0.172. The number of anilines is 1. The van der Waals surface area contributed by atoms with Crippen LogP contribution in [0.1, 0.15) is 40.6 Å². The third kappa shape index (κ3) is 4.78. The molecule has 3 nitrogen and oxygen atoms in total. The largest absolute Gasteiger partial charge is 0.488 e. The molecule has 0 saturated heterocycles. The van der Waals surface area contributed by atoms with Crippen LogP contribution in [0.3, 0.4) is 0 Å². The van der Waals surface area contributed by atoms with Crippen LogP contribution in [-0.4, -0.2) is 6.21 Å². The number of hydrogen-bond acceptors (Lipinski definition) is 3. The van der Waals surface area contributed by atoms with Crippen LogP contribution in [0.25, 0.3) is 10.8 Å². The van der Waals surface area contributed by atoms with E-state index in [0.29, 0.717) is 18.4 Å². The molecule has 4 heteroatoms. The molecule has 0 spiro atoms. The molecule has 7 rings (SSSR count). The maximum atomic E-state index is 6.28. The van der Waals surface area contributed by atoms with Crippen LogP contribution >= 0.6 is 11.6 Å². The maximum Gasteiger partial charge on any atom is 0.129 e. The molecule has 1 heterocycles. The summed E-state index contributed by atoms with van der Waals surface area (Å²) < 4.78 is 6.28. The molecule has 2 aliphatic rings. The standard InChI is InChI=1S/C36H29ClN2O/c37-27-17-12-24(13-18-27)23-40-35-21-16-25-6-1-2-7-29(25)33(35)22-38-28-19-14-26(15-20-28)36-32-10-5-9-30(32)31-8-3-4-11-34(31)39-36/h1-9,11-22,30,32,36,39H,10,23H2/t30-,32-,36-/m0/s1. The molecule has 40 heavy (non-hydrogen) atoms. The molecule has 0 unspecified atom stereocenters. The fourth-order valence-corrected chi connectivity index (χ4v) is 6.18. The first-order valence-corrected chi connectivity index (χ1v) is 14.2. The van der Waals surface area contributed by atoms with Gasteiger partial charge in [0.1, 0.15) is 12.4 Å². The highest BCUT2D eigenvalue weighted by atomic mass is 35.5. The van der Waals surface area contributed by atoms with E-state index < -0.39 is 0 Å². The van der Waals surface area contributed by atoms with Gasteiger partial charge >= 0.3 is 0 Å². The lowest BCUT2D eigenvalue weighted by Crippen LogP contribution is -2.28. The summed E-state index contributed by atoms with van der Waals surface area (Å²) in [6.45, 7) is 0.458. The molecule has 1 aliphatic carbocycles. The van der Waals surface area contributed by atoms with Gasteiger partial charge in [-0.3, -0.25) is 4.99 Å². The number of fused-ring (bicyclic) bond motifs is 4. The Labute approximate surface area is 239 Å². The predicted octanol–water partition coefficient (Wildman–Crippen LogP) is 9.65. The van der Waals surface area contributed by atoms with E-state index in [2.05, 4.69) is 96.3 Å². The van der Waals surface area contributed by atoms with E-state index in [1.54, 1.807) is 0 Å². The molecule has 0 radical (unpaired) electrons. The predicted molar refractivity (Wildman–Crippen MR) is 166 cm³/mol. The average molecular weight is 541 g/mol. The average Bonchev–Trinajstić information content (AvgIpc) is 3.50. The Bertz CT molecular complexity index is 1720. The van der Waals surface area contributed by atoms with Gasteiger partial charge in [0, 0.05) is 28.4 Å². The summed E-state index contributed by atoms with van der Waals surface area (Å²) >= 11 is 6.05. The number of hydrogen-bond donors (Lipinski definition) is 1. The number of nitrogens with zero attached hydrogens (tertiary/aromatic N) is 1. The molecule has 0 bridgehead atoms. The van der Waals surface area contributed by atoms with E-state index >= 15 is 0 Å². The Hall–Kier alpha value is -4.34. The number of para-hydroxylation sites is 1. The topological polar surface area (TPSA) is 33.6 Å². The molecule has 0 fully saturated rings. The number of allylic oxidation sites excluding steroid dienone is 2. The molecule has 1 N–H and O–H groups in total. The van der Waals surface area contributed by atoms with Crippen LogP contribution in [0.5, 0.6) is 5.75 Å². The molecule has 5 aromatic carbocycles. The zero-order valence-electron chi connectivity index (χ0n) is 22.0. The summed E-state index contributed by atoms with van der Waals surface area (Å²) in [6, 6.07) is 37.9. The van der Waals surface area contributed by atoms with Crippen LogP contribution in [0.15, 0.2) is 126 Å². The van der Waals surface area contributed by atoms with Crippen molar-refractivity contribution >= 4 is 40.0 Å². The summed E-state index contributed by atoms with van der Waals surface area (Å²) in [7, 11) is 0. The number of nitrogens with one attached hydrogen (secondary N) is 1. The van der Waals surface area contributed by atoms with Gasteiger partial charge in [-0.2, -0.15) is 0 Å². The van der Waals surface area contributed by atoms with Crippen molar-refractivity contribution < 1.29 is 4.74 Å². The van der Waals surface area contributed by atoms with Crippen LogP contribution < -0.4 is 10.1 Å². The van der Waals surface area contributed by atoms with Crippen molar-refractivity contribution in [1.82, 2.24) is 0 Å². The van der Waals surface area contributed by atoms with Gasteiger partial charge in [0.15, 0.2) is 0 Å². The monoisotopic (exact) mass is 540 g/mol. The fraction of sp³-hybridized carbons (Fsp3) is 0.139. The highest BCUT2D eigenvalue weighted by Crippen LogP contribution is 2.49. The van der Waals surface area contributed by atoms with E-state index in [9.17, 15) is 0 Å². The molecule has 5 aromatic rings. The number of benzene rings is 5. The minimum Gasteiger partial charge on any atom is -0.488 e. The molecule has 3 atom stereocenters. The first-order chi connectivity index (χ1) is 19.7. The lowest BCUT2D eigenvalue weighted by molar-refractivity contribution is 0.306. The Balaban J connectivity index is 1.15. The Morgan fingerprint density at radius 2 is 1.65 bits per heavy atom. The maximum absolute atomic E-state index is 6.28. The number of halogens is 1. The van der Waals surface area contributed by atoms with Gasteiger partial charge in [0.25, 0.3) is 0 Å². The van der Waals surface area contributed by atoms with Crippen molar-refractivity contribution in [2.45, 2.75) is 25.0 Å². The molecule has 196 valence electrons. The first kappa shape index (κ1) is 24.7. The normalized spacial score (nSPS) is 19.4. The van der Waals surface area contributed by atoms with E-state index in [1.807, 2.05) is 36.5 Å². The van der Waals surface area contributed by atoms with E-state index in [4.69, 9.17) is 21.3 Å². The van der Waals surface area contributed by atoms with Gasteiger partial charge in [-0.1, -0.05) is 96.5 Å². The van der Waals surface area contributed by atoms with Gasteiger partial charge in [0.05, 0.1) is 11.7 Å². The van der Waals surface area contributed by atoms with E-state index in [0.717, 1.165) is 44.8 Å². The van der Waals surface area contributed by atoms with Crippen LogP contribution in [0.4, 0.5) is 11.4 Å². The van der Waals surface area contributed by atoms with Crippen molar-refractivity contribution in [2.75, 3.05) is 5.32 Å². The van der Waals surface area contributed by atoms with Gasteiger partial charge < -0.3 is 10.1 Å². The third-order valence-electron chi connectivity index (χ3n) is 8.11. The number of ether oxygens (including phenoxy) is 1. The van der Waals surface area contributed by atoms with E-state index in [-0.39, 0.29) is 6.04 Å². The molecule has 0 saturated carbocycles. The van der Waals surface area contributed by atoms with Crippen LogP contribution in [0.2, 0.25) is 5.02 Å². The van der Waals surface area contributed by atoms with Crippen LogP contribution in [0, 0.1) is 5.92 Å². The summed E-state index contributed by atoms with van der Waals surface area (Å²) in [6.07, 6.45) is 7.74. The fourth-order valence-electron chi connectivity index (χ4n) is 6.06. The highest BCUT2D eigenvalue weighted by Gasteiger charge is 2.37. The highest BCUT2D eigenvalue weighted by molar-refractivity contribution is 6.30.